The zero-order chi connectivity index (χ0) is 19.2. The number of thiophene rings is 1. The summed E-state index contributed by atoms with van der Waals surface area (Å²) in [5.74, 6) is 0.766. The summed E-state index contributed by atoms with van der Waals surface area (Å²) in [7, 11) is 0. The zero-order valence-electron chi connectivity index (χ0n) is 15.5. The first-order valence-corrected chi connectivity index (χ1v) is 10.4. The van der Waals surface area contributed by atoms with E-state index in [4.69, 9.17) is 9.97 Å². The van der Waals surface area contributed by atoms with Crippen LogP contribution in [0.15, 0.2) is 97.1 Å². The molecule has 2 aromatic heterocycles. The fraction of sp³-hybridized carbons (Fsp3) is 0. The highest BCUT2D eigenvalue weighted by Gasteiger charge is 2.16. The minimum atomic E-state index is 0.766. The number of benzene rings is 4. The fourth-order valence-electron chi connectivity index (χ4n) is 3.91. The Balaban J connectivity index is 1.77. The third-order valence-corrected chi connectivity index (χ3v) is 6.48. The maximum atomic E-state index is 5.05. The van der Waals surface area contributed by atoms with Crippen molar-refractivity contribution in [3.63, 3.8) is 0 Å². The molecule has 0 spiro atoms. The first kappa shape index (κ1) is 16.4. The quantitative estimate of drug-likeness (QED) is 0.310. The van der Waals surface area contributed by atoms with Crippen molar-refractivity contribution in [2.24, 2.45) is 0 Å². The predicted molar refractivity (Wildman–Crippen MR) is 123 cm³/mol. The number of hydrogen-bond donors (Lipinski definition) is 0. The number of aromatic nitrogens is 2. The highest BCUT2D eigenvalue weighted by Crippen LogP contribution is 2.40. The maximum absolute atomic E-state index is 5.05. The van der Waals surface area contributed by atoms with E-state index in [-0.39, 0.29) is 0 Å². The normalized spacial score (nSPS) is 11.4. The minimum Gasteiger partial charge on any atom is -0.227 e. The SMILES string of the molecule is c1ccc(-c2nc(-c3ccccc3)c3ccc4c5ccccc5sc4c3n2)cc1. The van der Waals surface area contributed by atoms with E-state index in [0.29, 0.717) is 0 Å². The Kier molecular flexibility index (Phi) is 3.68. The average Bonchev–Trinajstić information content (AvgIpc) is 3.19. The van der Waals surface area contributed by atoms with Crippen molar-refractivity contribution in [2.45, 2.75) is 0 Å². The van der Waals surface area contributed by atoms with Crippen LogP contribution >= 0.6 is 11.3 Å². The van der Waals surface area contributed by atoms with Crippen LogP contribution in [0.5, 0.6) is 0 Å². The van der Waals surface area contributed by atoms with E-state index >= 15 is 0 Å². The zero-order valence-corrected chi connectivity index (χ0v) is 16.4. The predicted octanol–water partition coefficient (Wildman–Crippen LogP) is 7.33. The fourth-order valence-corrected chi connectivity index (χ4v) is 5.10. The van der Waals surface area contributed by atoms with E-state index in [0.717, 1.165) is 33.5 Å². The van der Waals surface area contributed by atoms with E-state index in [9.17, 15) is 0 Å². The molecule has 0 unspecified atom stereocenters. The molecule has 0 aliphatic heterocycles. The Morgan fingerprint density at radius 1 is 0.517 bits per heavy atom. The molecule has 0 amide bonds. The smallest absolute Gasteiger partial charge is 0.160 e. The van der Waals surface area contributed by atoms with Crippen LogP contribution in [0.25, 0.3) is 53.7 Å². The van der Waals surface area contributed by atoms with Crippen molar-refractivity contribution in [1.29, 1.82) is 0 Å². The van der Waals surface area contributed by atoms with Crippen LogP contribution in [0.3, 0.4) is 0 Å². The molecule has 136 valence electrons. The van der Waals surface area contributed by atoms with Crippen molar-refractivity contribution in [3.8, 4) is 22.6 Å². The molecule has 0 saturated heterocycles. The summed E-state index contributed by atoms with van der Waals surface area (Å²) in [6.07, 6.45) is 0. The van der Waals surface area contributed by atoms with Gasteiger partial charge in [-0.3, -0.25) is 0 Å². The molecular formula is C26H16N2S. The highest BCUT2D eigenvalue weighted by atomic mass is 32.1. The van der Waals surface area contributed by atoms with E-state index < -0.39 is 0 Å². The lowest BCUT2D eigenvalue weighted by Crippen LogP contribution is -1.95. The largest absolute Gasteiger partial charge is 0.227 e. The lowest BCUT2D eigenvalue weighted by Gasteiger charge is -2.10. The van der Waals surface area contributed by atoms with Crippen LogP contribution in [-0.4, -0.2) is 9.97 Å². The first-order valence-electron chi connectivity index (χ1n) is 9.61. The summed E-state index contributed by atoms with van der Waals surface area (Å²) in [6, 6.07) is 33.6. The molecular weight excluding hydrogens is 372 g/mol. The van der Waals surface area contributed by atoms with Gasteiger partial charge in [-0.2, -0.15) is 0 Å². The van der Waals surface area contributed by atoms with Gasteiger partial charge in [0.1, 0.15) is 0 Å². The molecule has 0 atom stereocenters. The molecule has 0 saturated carbocycles. The molecule has 6 aromatic rings. The summed E-state index contributed by atoms with van der Waals surface area (Å²) in [5.41, 5.74) is 4.15. The van der Waals surface area contributed by atoms with Gasteiger partial charge < -0.3 is 0 Å². The van der Waals surface area contributed by atoms with Gasteiger partial charge >= 0.3 is 0 Å². The molecule has 0 radical (unpaired) electrons. The van der Waals surface area contributed by atoms with Gasteiger partial charge in [-0.25, -0.2) is 9.97 Å². The third kappa shape index (κ3) is 2.63. The molecule has 4 aromatic carbocycles. The summed E-state index contributed by atoms with van der Waals surface area (Å²) >= 11 is 1.81. The van der Waals surface area contributed by atoms with Crippen molar-refractivity contribution in [1.82, 2.24) is 9.97 Å². The third-order valence-electron chi connectivity index (χ3n) is 5.29. The Morgan fingerprint density at radius 2 is 1.17 bits per heavy atom. The Hall–Kier alpha value is -3.56. The lowest BCUT2D eigenvalue weighted by molar-refractivity contribution is 1.23. The Labute approximate surface area is 172 Å². The van der Waals surface area contributed by atoms with Crippen LogP contribution < -0.4 is 0 Å². The number of rotatable bonds is 2. The van der Waals surface area contributed by atoms with E-state index in [1.807, 2.05) is 35.6 Å². The van der Waals surface area contributed by atoms with E-state index in [2.05, 4.69) is 72.8 Å². The maximum Gasteiger partial charge on any atom is 0.160 e. The van der Waals surface area contributed by atoms with Gasteiger partial charge in [0, 0.05) is 32.0 Å². The van der Waals surface area contributed by atoms with Crippen molar-refractivity contribution >= 4 is 42.4 Å². The van der Waals surface area contributed by atoms with Gasteiger partial charge in [0.05, 0.1) is 15.9 Å². The van der Waals surface area contributed by atoms with E-state index in [1.165, 1.54) is 20.2 Å². The van der Waals surface area contributed by atoms with Gasteiger partial charge in [0.15, 0.2) is 5.82 Å². The molecule has 29 heavy (non-hydrogen) atoms. The average molecular weight is 388 g/mol. The summed E-state index contributed by atoms with van der Waals surface area (Å²) in [5, 5.41) is 3.64. The van der Waals surface area contributed by atoms with Crippen LogP contribution in [0, 0.1) is 0 Å². The summed E-state index contributed by atoms with van der Waals surface area (Å²) in [6.45, 7) is 0. The summed E-state index contributed by atoms with van der Waals surface area (Å²) < 4.78 is 2.51. The van der Waals surface area contributed by atoms with Crippen molar-refractivity contribution in [2.75, 3.05) is 0 Å². The molecule has 2 nitrogen and oxygen atoms in total. The standard InChI is InChI=1S/C26H16N2S/c1-3-9-17(10-4-1)23-21-16-15-20-19-13-7-8-14-22(19)29-25(20)24(21)28-26(27-23)18-11-5-2-6-12-18/h1-16H. The Bertz CT molecular complexity index is 1490. The van der Waals surface area contributed by atoms with E-state index in [1.54, 1.807) is 0 Å². The lowest BCUT2D eigenvalue weighted by atomic mass is 10.0. The van der Waals surface area contributed by atoms with Gasteiger partial charge in [-0.1, -0.05) is 84.9 Å². The second-order valence-electron chi connectivity index (χ2n) is 7.06. The summed E-state index contributed by atoms with van der Waals surface area (Å²) in [4.78, 5) is 10.0. The van der Waals surface area contributed by atoms with Crippen LogP contribution in [0.2, 0.25) is 0 Å². The molecule has 0 fully saturated rings. The second-order valence-corrected chi connectivity index (χ2v) is 8.12. The van der Waals surface area contributed by atoms with Crippen LogP contribution in [0.1, 0.15) is 0 Å². The van der Waals surface area contributed by atoms with Gasteiger partial charge in [0.25, 0.3) is 0 Å². The molecule has 2 heterocycles. The molecule has 0 bridgehead atoms. The topological polar surface area (TPSA) is 25.8 Å². The van der Waals surface area contributed by atoms with Gasteiger partial charge in [-0.15, -0.1) is 11.3 Å². The monoisotopic (exact) mass is 388 g/mol. The molecule has 0 aliphatic carbocycles. The second kappa shape index (κ2) is 6.50. The Morgan fingerprint density at radius 3 is 1.97 bits per heavy atom. The van der Waals surface area contributed by atoms with Gasteiger partial charge in [0.2, 0.25) is 0 Å². The number of fused-ring (bicyclic) bond motifs is 5. The van der Waals surface area contributed by atoms with Gasteiger partial charge in [-0.05, 0) is 12.1 Å². The first-order chi connectivity index (χ1) is 14.4. The van der Waals surface area contributed by atoms with Crippen LogP contribution in [0.4, 0.5) is 0 Å². The van der Waals surface area contributed by atoms with Crippen molar-refractivity contribution in [3.05, 3.63) is 97.1 Å². The molecule has 3 heteroatoms. The molecule has 0 N–H and O–H groups in total. The van der Waals surface area contributed by atoms with Crippen LogP contribution in [-0.2, 0) is 0 Å². The number of hydrogen-bond acceptors (Lipinski definition) is 3. The molecule has 0 aliphatic rings. The minimum absolute atomic E-state index is 0.766. The molecule has 6 rings (SSSR count). The highest BCUT2D eigenvalue weighted by molar-refractivity contribution is 7.26. The van der Waals surface area contributed by atoms with Crippen molar-refractivity contribution < 1.29 is 0 Å². The number of nitrogens with zero attached hydrogens (tertiary/aromatic N) is 2.